The predicted octanol–water partition coefficient (Wildman–Crippen LogP) is 4.36. The van der Waals surface area contributed by atoms with Crippen molar-refractivity contribution >= 4 is 29.1 Å². The number of nitrogens with two attached hydrogens (primary N) is 1. The molecule has 0 aliphatic carbocycles. The molecule has 0 saturated heterocycles. The summed E-state index contributed by atoms with van der Waals surface area (Å²) < 4.78 is 5.14. The molecule has 0 bridgehead atoms. The molecule has 100 valence electrons. The van der Waals surface area contributed by atoms with E-state index in [4.69, 9.17) is 22.1 Å². The fourth-order valence-corrected chi connectivity index (χ4v) is 2.81. The Morgan fingerprint density at radius 1 is 1.05 bits per heavy atom. The summed E-state index contributed by atoms with van der Waals surface area (Å²) in [6.45, 7) is 0. The third kappa shape index (κ3) is 4.08. The van der Waals surface area contributed by atoms with Gasteiger partial charge < -0.3 is 10.5 Å². The third-order valence-corrected chi connectivity index (χ3v) is 4.07. The second kappa shape index (κ2) is 6.73. The Morgan fingerprint density at radius 2 is 1.68 bits per heavy atom. The first-order chi connectivity index (χ1) is 9.19. The molecular formula is C15H16ClNOS. The van der Waals surface area contributed by atoms with Crippen LogP contribution in [0.2, 0.25) is 5.02 Å². The van der Waals surface area contributed by atoms with Gasteiger partial charge in [-0.1, -0.05) is 29.8 Å². The van der Waals surface area contributed by atoms with E-state index in [9.17, 15) is 0 Å². The molecule has 0 atom stereocenters. The van der Waals surface area contributed by atoms with Crippen LogP contribution in [0.4, 0.5) is 5.69 Å². The third-order valence-electron chi connectivity index (χ3n) is 2.74. The summed E-state index contributed by atoms with van der Waals surface area (Å²) in [4.78, 5) is 0. The molecule has 0 fully saturated rings. The Kier molecular flexibility index (Phi) is 5.00. The summed E-state index contributed by atoms with van der Waals surface area (Å²) in [5.74, 6) is 2.62. The number of ether oxygens (including phenoxy) is 1. The van der Waals surface area contributed by atoms with Crippen molar-refractivity contribution in [2.24, 2.45) is 0 Å². The lowest BCUT2D eigenvalue weighted by Crippen LogP contribution is -1.93. The first-order valence-electron chi connectivity index (χ1n) is 5.93. The standard InChI is InChI=1S/C15H16ClNOS/c1-18-15-7-4-12(8-14(15)17)10-19-9-11-2-5-13(16)6-3-11/h2-8H,9-10,17H2,1H3. The largest absolute Gasteiger partial charge is 0.495 e. The molecular weight excluding hydrogens is 278 g/mol. The molecule has 0 amide bonds. The van der Waals surface area contributed by atoms with Crippen molar-refractivity contribution in [2.75, 3.05) is 12.8 Å². The lowest BCUT2D eigenvalue weighted by atomic mass is 10.2. The van der Waals surface area contributed by atoms with Crippen LogP contribution in [0.3, 0.4) is 0 Å². The van der Waals surface area contributed by atoms with Crippen LogP contribution >= 0.6 is 23.4 Å². The van der Waals surface area contributed by atoms with Gasteiger partial charge >= 0.3 is 0 Å². The van der Waals surface area contributed by atoms with Gasteiger partial charge in [-0.15, -0.1) is 0 Å². The topological polar surface area (TPSA) is 35.2 Å². The molecule has 0 heterocycles. The van der Waals surface area contributed by atoms with Crippen LogP contribution in [0.1, 0.15) is 11.1 Å². The summed E-state index contributed by atoms with van der Waals surface area (Å²) >= 11 is 7.70. The molecule has 2 nitrogen and oxygen atoms in total. The number of thioether (sulfide) groups is 1. The highest BCUT2D eigenvalue weighted by Gasteiger charge is 2.01. The SMILES string of the molecule is COc1ccc(CSCc2ccc(Cl)cc2)cc1N. The number of hydrogen-bond acceptors (Lipinski definition) is 3. The maximum atomic E-state index is 5.88. The van der Waals surface area contributed by atoms with Crippen molar-refractivity contribution in [1.82, 2.24) is 0 Å². The highest BCUT2D eigenvalue weighted by Crippen LogP contribution is 2.25. The fourth-order valence-electron chi connectivity index (χ4n) is 1.74. The second-order valence-corrected chi connectivity index (χ2v) is 5.62. The molecule has 0 aromatic heterocycles. The van der Waals surface area contributed by atoms with Crippen LogP contribution in [0, 0.1) is 0 Å². The van der Waals surface area contributed by atoms with Crippen LogP contribution in [0.25, 0.3) is 0 Å². The van der Waals surface area contributed by atoms with E-state index in [0.29, 0.717) is 5.69 Å². The molecule has 0 aliphatic rings. The molecule has 0 saturated carbocycles. The summed E-state index contributed by atoms with van der Waals surface area (Å²) in [7, 11) is 1.63. The maximum absolute atomic E-state index is 5.88. The van der Waals surface area contributed by atoms with E-state index in [0.717, 1.165) is 22.3 Å². The van der Waals surface area contributed by atoms with Gasteiger partial charge in [0.25, 0.3) is 0 Å². The average Bonchev–Trinajstić information content (AvgIpc) is 2.41. The fraction of sp³-hybridized carbons (Fsp3) is 0.200. The van der Waals surface area contributed by atoms with Crippen molar-refractivity contribution in [2.45, 2.75) is 11.5 Å². The van der Waals surface area contributed by atoms with Gasteiger partial charge in [0.1, 0.15) is 5.75 Å². The number of halogens is 1. The molecule has 0 spiro atoms. The summed E-state index contributed by atoms with van der Waals surface area (Å²) in [6.07, 6.45) is 0. The number of nitrogen functional groups attached to an aromatic ring is 1. The van der Waals surface area contributed by atoms with Crippen molar-refractivity contribution < 1.29 is 4.74 Å². The Hall–Kier alpha value is -1.32. The van der Waals surface area contributed by atoms with E-state index in [-0.39, 0.29) is 0 Å². The van der Waals surface area contributed by atoms with Crippen LogP contribution in [0.5, 0.6) is 5.75 Å². The number of hydrogen-bond donors (Lipinski definition) is 1. The molecule has 0 radical (unpaired) electrons. The van der Waals surface area contributed by atoms with Crippen molar-refractivity contribution in [3.63, 3.8) is 0 Å². The lowest BCUT2D eigenvalue weighted by Gasteiger charge is -2.07. The Bertz CT molecular complexity index is 542. The highest BCUT2D eigenvalue weighted by atomic mass is 35.5. The van der Waals surface area contributed by atoms with Gasteiger partial charge in [-0.2, -0.15) is 11.8 Å². The zero-order chi connectivity index (χ0) is 13.7. The molecule has 0 aliphatic heterocycles. The van der Waals surface area contributed by atoms with Crippen LogP contribution < -0.4 is 10.5 Å². The van der Waals surface area contributed by atoms with Gasteiger partial charge in [0.15, 0.2) is 0 Å². The van der Waals surface area contributed by atoms with Gasteiger partial charge in [0.2, 0.25) is 0 Å². The Morgan fingerprint density at radius 3 is 2.32 bits per heavy atom. The van der Waals surface area contributed by atoms with Crippen LogP contribution in [-0.4, -0.2) is 7.11 Å². The summed E-state index contributed by atoms with van der Waals surface area (Å²) in [6, 6.07) is 13.9. The quantitative estimate of drug-likeness (QED) is 0.832. The van der Waals surface area contributed by atoms with Gasteiger partial charge in [-0.25, -0.2) is 0 Å². The Balaban J connectivity index is 1.88. The Labute approximate surface area is 122 Å². The minimum absolute atomic E-state index is 0.687. The minimum atomic E-state index is 0.687. The van der Waals surface area contributed by atoms with E-state index >= 15 is 0 Å². The zero-order valence-electron chi connectivity index (χ0n) is 10.7. The van der Waals surface area contributed by atoms with Crippen molar-refractivity contribution in [3.8, 4) is 5.75 Å². The lowest BCUT2D eigenvalue weighted by molar-refractivity contribution is 0.417. The highest BCUT2D eigenvalue weighted by molar-refractivity contribution is 7.97. The van der Waals surface area contributed by atoms with Gasteiger partial charge in [0, 0.05) is 16.5 Å². The van der Waals surface area contributed by atoms with E-state index in [1.54, 1.807) is 7.11 Å². The first-order valence-corrected chi connectivity index (χ1v) is 7.47. The first kappa shape index (κ1) is 14.1. The normalized spacial score (nSPS) is 10.4. The number of anilines is 1. The summed E-state index contributed by atoms with van der Waals surface area (Å²) in [5, 5.41) is 0.775. The maximum Gasteiger partial charge on any atom is 0.141 e. The monoisotopic (exact) mass is 293 g/mol. The molecule has 4 heteroatoms. The molecule has 2 rings (SSSR count). The van der Waals surface area contributed by atoms with E-state index < -0.39 is 0 Å². The van der Waals surface area contributed by atoms with Gasteiger partial charge in [0.05, 0.1) is 12.8 Å². The molecule has 19 heavy (non-hydrogen) atoms. The second-order valence-electron chi connectivity index (χ2n) is 4.20. The minimum Gasteiger partial charge on any atom is -0.495 e. The number of rotatable bonds is 5. The number of methoxy groups -OCH3 is 1. The molecule has 2 N–H and O–H groups in total. The molecule has 2 aromatic carbocycles. The van der Waals surface area contributed by atoms with Crippen molar-refractivity contribution in [1.29, 1.82) is 0 Å². The van der Waals surface area contributed by atoms with Crippen LogP contribution in [-0.2, 0) is 11.5 Å². The number of benzene rings is 2. The smallest absolute Gasteiger partial charge is 0.141 e. The van der Waals surface area contributed by atoms with E-state index in [1.807, 2.05) is 42.1 Å². The predicted molar refractivity (Wildman–Crippen MR) is 83.9 cm³/mol. The van der Waals surface area contributed by atoms with Gasteiger partial charge in [-0.05, 0) is 35.4 Å². The van der Waals surface area contributed by atoms with Crippen molar-refractivity contribution in [3.05, 3.63) is 58.6 Å². The average molecular weight is 294 g/mol. The van der Waals surface area contributed by atoms with Crippen LogP contribution in [0.15, 0.2) is 42.5 Å². The van der Waals surface area contributed by atoms with Gasteiger partial charge in [-0.3, -0.25) is 0 Å². The molecule has 0 unspecified atom stereocenters. The van der Waals surface area contributed by atoms with E-state index in [1.165, 1.54) is 11.1 Å². The van der Waals surface area contributed by atoms with E-state index in [2.05, 4.69) is 12.1 Å². The summed E-state index contributed by atoms with van der Waals surface area (Å²) in [5.41, 5.74) is 9.05. The zero-order valence-corrected chi connectivity index (χ0v) is 12.3. The molecule has 2 aromatic rings.